The van der Waals surface area contributed by atoms with E-state index in [2.05, 4.69) is 15.5 Å². The van der Waals surface area contributed by atoms with Crippen LogP contribution in [0.2, 0.25) is 0 Å². The minimum Gasteiger partial charge on any atom is -0.334 e. The van der Waals surface area contributed by atoms with Crippen LogP contribution >= 0.6 is 11.8 Å². The van der Waals surface area contributed by atoms with Gasteiger partial charge in [-0.25, -0.2) is 0 Å². The minimum absolute atomic E-state index is 0.00253. The Morgan fingerprint density at radius 3 is 2.65 bits per heavy atom. The molecule has 8 heteroatoms. The Morgan fingerprint density at radius 1 is 1.15 bits per heavy atom. The van der Waals surface area contributed by atoms with Crippen LogP contribution in [0.1, 0.15) is 22.8 Å². The second kappa shape index (κ2) is 7.83. The lowest BCUT2D eigenvalue weighted by molar-refractivity contribution is 0.101. The van der Waals surface area contributed by atoms with E-state index in [9.17, 15) is 9.59 Å². The number of nitrogens with one attached hydrogen (secondary N) is 1. The molecule has 0 aliphatic heterocycles. The summed E-state index contributed by atoms with van der Waals surface area (Å²) in [6.07, 6.45) is 0. The van der Waals surface area contributed by atoms with Crippen molar-refractivity contribution in [3.63, 3.8) is 0 Å². The van der Waals surface area contributed by atoms with E-state index >= 15 is 0 Å². The lowest BCUT2D eigenvalue weighted by atomic mass is 10.1. The SMILES string of the molecule is CC(=O)c1cccc(Nc2nnc(SCc3ccccc3)n(N)c2=O)c1. The van der Waals surface area contributed by atoms with Gasteiger partial charge in [-0.1, -0.05) is 54.2 Å². The summed E-state index contributed by atoms with van der Waals surface area (Å²) in [5.41, 5.74) is 1.69. The molecule has 7 nitrogen and oxygen atoms in total. The van der Waals surface area contributed by atoms with Gasteiger partial charge in [-0.15, -0.1) is 10.2 Å². The molecule has 0 radical (unpaired) electrons. The fourth-order valence-corrected chi connectivity index (χ4v) is 3.05. The summed E-state index contributed by atoms with van der Waals surface area (Å²) >= 11 is 1.33. The molecule has 3 aromatic rings. The third-order valence-electron chi connectivity index (χ3n) is 3.61. The first kappa shape index (κ1) is 17.7. The second-order valence-electron chi connectivity index (χ2n) is 5.54. The van der Waals surface area contributed by atoms with Crippen LogP contribution in [0.25, 0.3) is 0 Å². The zero-order chi connectivity index (χ0) is 18.5. The normalized spacial score (nSPS) is 10.5. The molecule has 3 rings (SSSR count). The molecule has 26 heavy (non-hydrogen) atoms. The molecule has 0 saturated heterocycles. The average molecular weight is 367 g/mol. The molecule has 0 spiro atoms. The molecule has 0 saturated carbocycles. The molecule has 0 bridgehead atoms. The highest BCUT2D eigenvalue weighted by atomic mass is 32.2. The molecule has 1 heterocycles. The van der Waals surface area contributed by atoms with Gasteiger partial charge in [0.2, 0.25) is 11.0 Å². The summed E-state index contributed by atoms with van der Waals surface area (Å²) in [5.74, 6) is 6.42. The molecule has 2 aromatic carbocycles. The van der Waals surface area contributed by atoms with Gasteiger partial charge in [-0.2, -0.15) is 4.68 Å². The topological polar surface area (TPSA) is 103 Å². The molecule has 3 N–H and O–H groups in total. The van der Waals surface area contributed by atoms with Crippen LogP contribution in [0, 0.1) is 0 Å². The smallest absolute Gasteiger partial charge is 0.315 e. The molecular weight excluding hydrogens is 350 g/mol. The number of hydrogen-bond donors (Lipinski definition) is 2. The zero-order valence-electron chi connectivity index (χ0n) is 14.0. The molecule has 132 valence electrons. The van der Waals surface area contributed by atoms with Crippen molar-refractivity contribution in [2.75, 3.05) is 11.2 Å². The number of ketones is 1. The molecule has 0 unspecified atom stereocenters. The van der Waals surface area contributed by atoms with E-state index in [-0.39, 0.29) is 11.6 Å². The van der Waals surface area contributed by atoms with E-state index in [0.29, 0.717) is 22.2 Å². The van der Waals surface area contributed by atoms with Crippen LogP contribution in [0.3, 0.4) is 0 Å². The van der Waals surface area contributed by atoms with Crippen molar-refractivity contribution in [1.82, 2.24) is 14.9 Å². The maximum absolute atomic E-state index is 12.4. The lowest BCUT2D eigenvalue weighted by Gasteiger charge is -2.09. The number of nitrogens with two attached hydrogens (primary N) is 1. The van der Waals surface area contributed by atoms with Crippen LogP contribution in [0.5, 0.6) is 0 Å². The monoisotopic (exact) mass is 367 g/mol. The fourth-order valence-electron chi connectivity index (χ4n) is 2.24. The number of carbonyl (C=O) groups excluding carboxylic acids is 1. The largest absolute Gasteiger partial charge is 0.334 e. The summed E-state index contributed by atoms with van der Waals surface area (Å²) in [7, 11) is 0. The summed E-state index contributed by atoms with van der Waals surface area (Å²) in [5, 5.41) is 11.2. The predicted octanol–water partition coefficient (Wildman–Crippen LogP) is 2.59. The van der Waals surface area contributed by atoms with E-state index in [1.54, 1.807) is 24.3 Å². The van der Waals surface area contributed by atoms with Crippen molar-refractivity contribution in [2.24, 2.45) is 0 Å². The molecular formula is C18H17N5O2S. The molecule has 0 fully saturated rings. The Balaban J connectivity index is 1.78. The quantitative estimate of drug-likeness (QED) is 0.392. The van der Waals surface area contributed by atoms with E-state index in [1.165, 1.54) is 18.7 Å². The molecule has 1 aromatic heterocycles. The average Bonchev–Trinajstić information content (AvgIpc) is 2.66. The summed E-state index contributed by atoms with van der Waals surface area (Å²) < 4.78 is 0.970. The third-order valence-corrected chi connectivity index (χ3v) is 4.62. The summed E-state index contributed by atoms with van der Waals surface area (Å²) in [6.45, 7) is 1.48. The van der Waals surface area contributed by atoms with Gasteiger partial charge in [0, 0.05) is 17.0 Å². The van der Waals surface area contributed by atoms with E-state index in [4.69, 9.17) is 5.84 Å². The summed E-state index contributed by atoms with van der Waals surface area (Å²) in [4.78, 5) is 23.9. The number of anilines is 2. The number of benzene rings is 2. The van der Waals surface area contributed by atoms with Gasteiger partial charge in [0.1, 0.15) is 0 Å². The molecule has 0 amide bonds. The van der Waals surface area contributed by atoms with E-state index < -0.39 is 5.56 Å². The molecule has 0 atom stereocenters. The van der Waals surface area contributed by atoms with Crippen molar-refractivity contribution < 1.29 is 4.79 Å². The highest BCUT2D eigenvalue weighted by molar-refractivity contribution is 7.98. The maximum Gasteiger partial charge on any atom is 0.315 e. The Hall–Kier alpha value is -3.13. The van der Waals surface area contributed by atoms with Gasteiger partial charge in [-0.3, -0.25) is 9.59 Å². The molecule has 0 aliphatic carbocycles. The van der Waals surface area contributed by atoms with E-state index in [1.807, 2.05) is 30.3 Å². The van der Waals surface area contributed by atoms with Gasteiger partial charge < -0.3 is 11.2 Å². The van der Waals surface area contributed by atoms with Crippen molar-refractivity contribution in [3.8, 4) is 0 Å². The van der Waals surface area contributed by atoms with Crippen LogP contribution in [0.4, 0.5) is 11.5 Å². The number of thioether (sulfide) groups is 1. The van der Waals surface area contributed by atoms with E-state index in [0.717, 1.165) is 10.2 Å². The second-order valence-corrected chi connectivity index (χ2v) is 6.49. The van der Waals surface area contributed by atoms with Crippen LogP contribution in [0.15, 0.2) is 64.5 Å². The first-order valence-corrected chi connectivity index (χ1v) is 8.82. The number of hydrogen-bond acceptors (Lipinski definition) is 7. The first-order chi connectivity index (χ1) is 12.5. The van der Waals surface area contributed by atoms with Gasteiger partial charge in [-0.05, 0) is 24.6 Å². The van der Waals surface area contributed by atoms with Crippen molar-refractivity contribution >= 4 is 29.1 Å². The number of nitrogen functional groups attached to an aromatic ring is 1. The van der Waals surface area contributed by atoms with Gasteiger partial charge in [0.15, 0.2) is 5.78 Å². The van der Waals surface area contributed by atoms with Crippen molar-refractivity contribution in [1.29, 1.82) is 0 Å². The van der Waals surface area contributed by atoms with Crippen molar-refractivity contribution in [2.45, 2.75) is 17.8 Å². The highest BCUT2D eigenvalue weighted by Gasteiger charge is 2.11. The molecule has 0 aliphatic rings. The number of Topliss-reactive ketones (excluding diaryl/α,β-unsaturated/α-hetero) is 1. The van der Waals surface area contributed by atoms with Crippen LogP contribution in [-0.4, -0.2) is 20.7 Å². The third kappa shape index (κ3) is 4.09. The number of carbonyl (C=O) groups is 1. The Morgan fingerprint density at radius 2 is 1.92 bits per heavy atom. The first-order valence-electron chi connectivity index (χ1n) is 7.84. The van der Waals surface area contributed by atoms with Crippen LogP contribution in [-0.2, 0) is 5.75 Å². The number of rotatable bonds is 6. The van der Waals surface area contributed by atoms with Gasteiger partial charge in [0.25, 0.3) is 0 Å². The standard InChI is InChI=1S/C18H17N5O2S/c1-12(24)14-8-5-9-15(10-14)20-16-17(25)23(19)18(22-21-16)26-11-13-6-3-2-4-7-13/h2-10H,11,19H2,1H3,(H,20,21). The van der Waals surface area contributed by atoms with Crippen molar-refractivity contribution in [3.05, 3.63) is 76.1 Å². The lowest BCUT2D eigenvalue weighted by Crippen LogP contribution is -2.32. The Bertz CT molecular complexity index is 988. The predicted molar refractivity (Wildman–Crippen MR) is 102 cm³/mol. The Labute approximate surface area is 154 Å². The van der Waals surface area contributed by atoms with Gasteiger partial charge in [0.05, 0.1) is 0 Å². The zero-order valence-corrected chi connectivity index (χ0v) is 14.9. The fraction of sp³-hybridized carbons (Fsp3) is 0.111. The van der Waals surface area contributed by atoms with Crippen LogP contribution < -0.4 is 16.7 Å². The number of aromatic nitrogens is 3. The number of nitrogens with zero attached hydrogens (tertiary/aromatic N) is 3. The van der Waals surface area contributed by atoms with Gasteiger partial charge >= 0.3 is 5.56 Å². The minimum atomic E-state index is -0.496. The highest BCUT2D eigenvalue weighted by Crippen LogP contribution is 2.19. The Kier molecular flexibility index (Phi) is 5.33. The summed E-state index contributed by atoms with van der Waals surface area (Å²) in [6, 6.07) is 16.6. The maximum atomic E-state index is 12.4.